The number of amides is 1. The molecule has 6 heteroatoms. The molecule has 1 aromatic rings. The number of nitro groups is 1. The highest BCUT2D eigenvalue weighted by atomic mass is 16.6. The number of non-ortho nitro benzene ring substituents is 1. The van der Waals surface area contributed by atoms with E-state index < -0.39 is 10.8 Å². The van der Waals surface area contributed by atoms with E-state index in [9.17, 15) is 14.9 Å². The van der Waals surface area contributed by atoms with Gasteiger partial charge in [0.15, 0.2) is 0 Å². The highest BCUT2D eigenvalue weighted by Crippen LogP contribution is 2.23. The van der Waals surface area contributed by atoms with Crippen LogP contribution in [0.3, 0.4) is 0 Å². The van der Waals surface area contributed by atoms with Crippen LogP contribution in [0.1, 0.15) is 15.9 Å². The van der Waals surface area contributed by atoms with Gasteiger partial charge in [0.1, 0.15) is 0 Å². The summed E-state index contributed by atoms with van der Waals surface area (Å²) in [6.45, 7) is 1.58. The number of carbonyl (C=O) groups excluding carboxylic acids is 1. The van der Waals surface area contributed by atoms with E-state index in [0.717, 1.165) is 6.07 Å². The molecule has 14 heavy (non-hydrogen) atoms. The number of primary amides is 1. The molecule has 0 fully saturated rings. The Kier molecular flexibility index (Phi) is 2.37. The third kappa shape index (κ3) is 1.63. The molecule has 4 N–H and O–H groups in total. The molecule has 0 radical (unpaired) electrons. The first-order valence-corrected chi connectivity index (χ1v) is 3.77. The van der Waals surface area contributed by atoms with Crippen LogP contribution in [0, 0.1) is 17.0 Å². The van der Waals surface area contributed by atoms with E-state index in [-0.39, 0.29) is 16.9 Å². The minimum atomic E-state index is -0.724. The summed E-state index contributed by atoms with van der Waals surface area (Å²) in [4.78, 5) is 20.7. The maximum atomic E-state index is 10.9. The molecule has 0 aliphatic rings. The molecular formula is C8H9N3O3. The molecule has 0 bridgehead atoms. The zero-order valence-corrected chi connectivity index (χ0v) is 7.48. The molecule has 1 rings (SSSR count). The monoisotopic (exact) mass is 195 g/mol. The fraction of sp³-hybridized carbons (Fsp3) is 0.125. The zero-order chi connectivity index (χ0) is 10.9. The van der Waals surface area contributed by atoms with Crippen molar-refractivity contribution in [2.24, 2.45) is 5.73 Å². The summed E-state index contributed by atoms with van der Waals surface area (Å²) in [6.07, 6.45) is 0. The highest BCUT2D eigenvalue weighted by molar-refractivity contribution is 5.96. The van der Waals surface area contributed by atoms with E-state index in [1.807, 2.05) is 0 Å². The van der Waals surface area contributed by atoms with Crippen molar-refractivity contribution in [1.29, 1.82) is 0 Å². The van der Waals surface area contributed by atoms with E-state index in [0.29, 0.717) is 5.56 Å². The zero-order valence-electron chi connectivity index (χ0n) is 7.48. The van der Waals surface area contributed by atoms with Gasteiger partial charge in [-0.3, -0.25) is 14.9 Å². The molecule has 0 heterocycles. The van der Waals surface area contributed by atoms with E-state index in [1.54, 1.807) is 6.92 Å². The Morgan fingerprint density at radius 2 is 2.07 bits per heavy atom. The van der Waals surface area contributed by atoms with E-state index in [1.165, 1.54) is 6.07 Å². The van der Waals surface area contributed by atoms with Gasteiger partial charge < -0.3 is 11.5 Å². The lowest BCUT2D eigenvalue weighted by Gasteiger charge is -2.04. The second-order valence-electron chi connectivity index (χ2n) is 2.83. The van der Waals surface area contributed by atoms with Crippen molar-refractivity contribution in [1.82, 2.24) is 0 Å². The molecule has 0 aliphatic carbocycles. The summed E-state index contributed by atoms with van der Waals surface area (Å²) in [5.74, 6) is -0.724. The summed E-state index contributed by atoms with van der Waals surface area (Å²) in [5.41, 5.74) is 11.0. The van der Waals surface area contributed by atoms with E-state index in [2.05, 4.69) is 0 Å². The highest BCUT2D eigenvalue weighted by Gasteiger charge is 2.15. The second-order valence-corrected chi connectivity index (χ2v) is 2.83. The fourth-order valence-electron chi connectivity index (χ4n) is 1.08. The van der Waals surface area contributed by atoms with Gasteiger partial charge in [-0.25, -0.2) is 0 Å². The van der Waals surface area contributed by atoms with Gasteiger partial charge in [0, 0.05) is 17.8 Å². The van der Waals surface area contributed by atoms with Gasteiger partial charge in [0.25, 0.3) is 5.69 Å². The van der Waals surface area contributed by atoms with E-state index >= 15 is 0 Å². The number of hydrogen-bond donors (Lipinski definition) is 2. The van der Waals surface area contributed by atoms with Gasteiger partial charge in [-0.2, -0.15) is 0 Å². The minimum Gasteiger partial charge on any atom is -0.398 e. The van der Waals surface area contributed by atoms with Gasteiger partial charge in [-0.05, 0) is 12.5 Å². The molecule has 0 unspecified atom stereocenters. The lowest BCUT2D eigenvalue weighted by molar-refractivity contribution is -0.384. The van der Waals surface area contributed by atoms with Crippen LogP contribution in [-0.4, -0.2) is 10.8 Å². The second kappa shape index (κ2) is 3.33. The molecule has 74 valence electrons. The molecule has 0 spiro atoms. The van der Waals surface area contributed by atoms with Gasteiger partial charge in [-0.15, -0.1) is 0 Å². The standard InChI is InChI=1S/C8H9N3O3/c1-4-6(8(10)12)2-5(11(13)14)3-7(4)9/h2-3H,9H2,1H3,(H2,10,12). The summed E-state index contributed by atoms with van der Waals surface area (Å²) in [5, 5.41) is 10.4. The van der Waals surface area contributed by atoms with Gasteiger partial charge in [-0.1, -0.05) is 0 Å². The number of anilines is 1. The number of nitrogens with two attached hydrogens (primary N) is 2. The van der Waals surface area contributed by atoms with Crippen LogP contribution in [0.2, 0.25) is 0 Å². The molecule has 0 atom stereocenters. The lowest BCUT2D eigenvalue weighted by atomic mass is 10.1. The average Bonchev–Trinajstić information content (AvgIpc) is 2.08. The molecule has 0 saturated carbocycles. The Labute approximate surface area is 79.7 Å². The SMILES string of the molecule is Cc1c(N)cc([N+](=O)[O-])cc1C(N)=O. The van der Waals surface area contributed by atoms with Gasteiger partial charge >= 0.3 is 0 Å². The smallest absolute Gasteiger partial charge is 0.272 e. The summed E-state index contributed by atoms with van der Waals surface area (Å²) < 4.78 is 0. The third-order valence-electron chi connectivity index (χ3n) is 1.91. The molecular weight excluding hydrogens is 186 g/mol. The first-order valence-electron chi connectivity index (χ1n) is 3.77. The topological polar surface area (TPSA) is 112 Å². The molecule has 1 aromatic carbocycles. The first kappa shape index (κ1) is 9.97. The van der Waals surface area contributed by atoms with E-state index in [4.69, 9.17) is 11.5 Å². The van der Waals surface area contributed by atoms with Crippen LogP contribution in [0.5, 0.6) is 0 Å². The first-order chi connectivity index (χ1) is 6.43. The van der Waals surface area contributed by atoms with Crippen molar-refractivity contribution >= 4 is 17.3 Å². The Bertz CT molecular complexity index is 415. The number of nitrogen functional groups attached to an aromatic ring is 1. The number of benzene rings is 1. The fourth-order valence-corrected chi connectivity index (χ4v) is 1.08. The molecule has 0 aliphatic heterocycles. The van der Waals surface area contributed by atoms with Crippen LogP contribution < -0.4 is 11.5 Å². The van der Waals surface area contributed by atoms with Crippen molar-refractivity contribution in [2.45, 2.75) is 6.92 Å². The third-order valence-corrected chi connectivity index (χ3v) is 1.91. The van der Waals surface area contributed by atoms with Crippen LogP contribution in [0.4, 0.5) is 11.4 Å². The van der Waals surface area contributed by atoms with Crippen molar-refractivity contribution in [3.63, 3.8) is 0 Å². The molecule has 0 saturated heterocycles. The average molecular weight is 195 g/mol. The minimum absolute atomic E-state index is 0.0803. The van der Waals surface area contributed by atoms with Crippen LogP contribution in [-0.2, 0) is 0 Å². The largest absolute Gasteiger partial charge is 0.398 e. The van der Waals surface area contributed by atoms with Crippen molar-refractivity contribution in [2.75, 3.05) is 5.73 Å². The quantitative estimate of drug-likeness (QED) is 0.408. The Morgan fingerprint density at radius 1 is 1.50 bits per heavy atom. The van der Waals surface area contributed by atoms with Crippen molar-refractivity contribution < 1.29 is 9.72 Å². The number of rotatable bonds is 2. The van der Waals surface area contributed by atoms with Crippen LogP contribution >= 0.6 is 0 Å². The molecule has 6 nitrogen and oxygen atoms in total. The Morgan fingerprint density at radius 3 is 2.50 bits per heavy atom. The van der Waals surface area contributed by atoms with Gasteiger partial charge in [0.05, 0.1) is 10.5 Å². The normalized spacial score (nSPS) is 9.79. The molecule has 1 amide bonds. The molecule has 0 aromatic heterocycles. The Balaban J connectivity index is 3.43. The van der Waals surface area contributed by atoms with Crippen molar-refractivity contribution in [3.05, 3.63) is 33.4 Å². The number of nitrogens with zero attached hydrogens (tertiary/aromatic N) is 1. The van der Waals surface area contributed by atoms with Crippen molar-refractivity contribution in [3.8, 4) is 0 Å². The summed E-state index contributed by atoms with van der Waals surface area (Å²) >= 11 is 0. The predicted molar refractivity (Wildman–Crippen MR) is 50.8 cm³/mol. The Hall–Kier alpha value is -2.11. The number of carbonyl (C=O) groups is 1. The summed E-state index contributed by atoms with van der Waals surface area (Å²) in [6, 6.07) is 2.32. The maximum Gasteiger partial charge on any atom is 0.272 e. The lowest BCUT2D eigenvalue weighted by Crippen LogP contribution is -2.14. The van der Waals surface area contributed by atoms with Crippen LogP contribution in [0.25, 0.3) is 0 Å². The number of nitro benzene ring substituents is 1. The number of hydrogen-bond acceptors (Lipinski definition) is 4. The summed E-state index contributed by atoms with van der Waals surface area (Å²) in [7, 11) is 0. The van der Waals surface area contributed by atoms with Gasteiger partial charge in [0.2, 0.25) is 5.91 Å². The maximum absolute atomic E-state index is 10.9. The predicted octanol–water partition coefficient (Wildman–Crippen LogP) is 0.584. The van der Waals surface area contributed by atoms with Crippen LogP contribution in [0.15, 0.2) is 12.1 Å².